The number of nitrogens with two attached hydrogens (primary N) is 1. The number of benzene rings is 1. The van der Waals surface area contributed by atoms with E-state index in [-0.39, 0.29) is 24.1 Å². The van der Waals surface area contributed by atoms with Crippen molar-refractivity contribution < 1.29 is 9.72 Å². The maximum absolute atomic E-state index is 10.8. The zero-order valence-corrected chi connectivity index (χ0v) is 8.92. The third-order valence-corrected chi connectivity index (χ3v) is 2.16. The number of carbonyl (C=O) groups is 1. The zero-order chi connectivity index (χ0) is 12.8. The summed E-state index contributed by atoms with van der Waals surface area (Å²) in [4.78, 5) is 20.8. The summed E-state index contributed by atoms with van der Waals surface area (Å²) in [5.41, 5.74) is 5.38. The first-order valence-corrected chi connectivity index (χ1v) is 4.82. The summed E-state index contributed by atoms with van der Waals surface area (Å²) in [6.45, 7) is 0. The Morgan fingerprint density at radius 2 is 2.29 bits per heavy atom. The number of amides is 1. The number of carbonyl (C=O) groups excluding carboxylic acids is 1. The van der Waals surface area contributed by atoms with E-state index in [1.165, 1.54) is 24.6 Å². The molecule has 0 fully saturated rings. The third-order valence-electron chi connectivity index (χ3n) is 2.16. The van der Waals surface area contributed by atoms with Gasteiger partial charge in [-0.2, -0.15) is 5.26 Å². The predicted octanol–water partition coefficient (Wildman–Crippen LogP) is 1.09. The van der Waals surface area contributed by atoms with Crippen molar-refractivity contribution in [3.63, 3.8) is 0 Å². The van der Waals surface area contributed by atoms with Crippen LogP contribution in [0.4, 0.5) is 5.69 Å². The lowest BCUT2D eigenvalue weighted by Crippen LogP contribution is -2.11. The molecule has 0 aromatic heterocycles. The second-order valence-corrected chi connectivity index (χ2v) is 3.34. The third kappa shape index (κ3) is 3.28. The largest absolute Gasteiger partial charge is 0.370 e. The monoisotopic (exact) mass is 232 g/mol. The summed E-state index contributed by atoms with van der Waals surface area (Å²) in [7, 11) is 0. The Hall–Kier alpha value is -2.42. The molecule has 0 bridgehead atoms. The first-order valence-electron chi connectivity index (χ1n) is 4.82. The number of nitriles is 1. The molecule has 0 atom stereocenters. The fourth-order valence-electron chi connectivity index (χ4n) is 1.42. The lowest BCUT2D eigenvalue weighted by molar-refractivity contribution is -0.385. The van der Waals surface area contributed by atoms with Crippen LogP contribution >= 0.6 is 0 Å². The Morgan fingerprint density at radius 1 is 1.59 bits per heavy atom. The Balaban J connectivity index is 2.98. The van der Waals surface area contributed by atoms with Gasteiger partial charge in [-0.3, -0.25) is 14.9 Å². The minimum absolute atomic E-state index is 0.0247. The summed E-state index contributed by atoms with van der Waals surface area (Å²) in [5, 5.41) is 19.6. The Labute approximate surface area is 97.8 Å². The van der Waals surface area contributed by atoms with E-state index < -0.39 is 10.8 Å². The van der Waals surface area contributed by atoms with Crippen LogP contribution in [-0.2, 0) is 11.2 Å². The van der Waals surface area contributed by atoms with Crippen molar-refractivity contribution in [2.24, 2.45) is 5.73 Å². The molecule has 1 radical (unpaired) electrons. The molecule has 0 aliphatic rings. The topological polar surface area (TPSA) is 110 Å². The minimum Gasteiger partial charge on any atom is -0.370 e. The lowest BCUT2D eigenvalue weighted by atomic mass is 10.0. The summed E-state index contributed by atoms with van der Waals surface area (Å²) in [6.07, 6.45) is 1.71. The molecule has 87 valence electrons. The molecule has 2 N–H and O–H groups in total. The predicted molar refractivity (Wildman–Crippen MR) is 59.6 cm³/mol. The van der Waals surface area contributed by atoms with E-state index in [9.17, 15) is 14.9 Å². The van der Waals surface area contributed by atoms with Crippen LogP contribution in [0, 0.1) is 27.9 Å². The SMILES string of the molecule is N#Cc1cccc([N+](=O)[O-])c1C[CH]CC(N)=O. The van der Waals surface area contributed by atoms with E-state index >= 15 is 0 Å². The van der Waals surface area contributed by atoms with Gasteiger partial charge in [-0.1, -0.05) is 6.07 Å². The quantitative estimate of drug-likeness (QED) is 0.605. The van der Waals surface area contributed by atoms with Crippen molar-refractivity contribution >= 4 is 11.6 Å². The van der Waals surface area contributed by atoms with Crippen LogP contribution < -0.4 is 5.73 Å². The molecule has 17 heavy (non-hydrogen) atoms. The molecule has 1 rings (SSSR count). The summed E-state index contributed by atoms with van der Waals surface area (Å²) < 4.78 is 0. The van der Waals surface area contributed by atoms with Gasteiger partial charge in [-0.15, -0.1) is 0 Å². The summed E-state index contributed by atoms with van der Waals surface area (Å²) in [6, 6.07) is 6.17. The Morgan fingerprint density at radius 3 is 2.82 bits per heavy atom. The van der Waals surface area contributed by atoms with Crippen LogP contribution in [0.25, 0.3) is 0 Å². The van der Waals surface area contributed by atoms with E-state index in [0.29, 0.717) is 5.56 Å². The molecule has 0 aliphatic heterocycles. The number of nitro groups is 1. The maximum Gasteiger partial charge on any atom is 0.273 e. The van der Waals surface area contributed by atoms with Gasteiger partial charge in [-0.25, -0.2) is 0 Å². The van der Waals surface area contributed by atoms with Crippen LogP contribution in [0.1, 0.15) is 17.5 Å². The van der Waals surface area contributed by atoms with Gasteiger partial charge in [0.25, 0.3) is 5.69 Å². The minimum atomic E-state index is -0.547. The molecule has 0 saturated heterocycles. The normalized spacial score (nSPS) is 9.59. The number of hydrogen-bond acceptors (Lipinski definition) is 4. The number of nitro benzene ring substituents is 1. The molecule has 6 heteroatoms. The number of rotatable bonds is 5. The van der Waals surface area contributed by atoms with E-state index in [1.807, 2.05) is 6.07 Å². The molecule has 6 nitrogen and oxygen atoms in total. The average molecular weight is 232 g/mol. The number of hydrogen-bond donors (Lipinski definition) is 1. The molecule has 1 aromatic carbocycles. The van der Waals surface area contributed by atoms with Crippen molar-refractivity contribution in [1.29, 1.82) is 5.26 Å². The van der Waals surface area contributed by atoms with E-state index in [2.05, 4.69) is 0 Å². The molecule has 1 aromatic rings. The molecule has 0 aliphatic carbocycles. The average Bonchev–Trinajstić information content (AvgIpc) is 2.28. The van der Waals surface area contributed by atoms with Gasteiger partial charge >= 0.3 is 0 Å². The van der Waals surface area contributed by atoms with Gasteiger partial charge < -0.3 is 5.73 Å². The van der Waals surface area contributed by atoms with Crippen LogP contribution in [0.2, 0.25) is 0 Å². The second kappa shape index (κ2) is 5.61. The van der Waals surface area contributed by atoms with Gasteiger partial charge in [0.2, 0.25) is 5.91 Å². The van der Waals surface area contributed by atoms with E-state index in [0.717, 1.165) is 0 Å². The van der Waals surface area contributed by atoms with Crippen molar-refractivity contribution in [3.05, 3.63) is 45.9 Å². The van der Waals surface area contributed by atoms with Crippen LogP contribution in [0.3, 0.4) is 0 Å². The molecule has 1 amide bonds. The van der Waals surface area contributed by atoms with E-state index in [1.54, 1.807) is 0 Å². The van der Waals surface area contributed by atoms with Crippen LogP contribution in [0.5, 0.6) is 0 Å². The van der Waals surface area contributed by atoms with Gasteiger partial charge in [0, 0.05) is 18.1 Å². The Kier molecular flexibility index (Phi) is 4.17. The van der Waals surface area contributed by atoms with Crippen molar-refractivity contribution in [1.82, 2.24) is 0 Å². The van der Waals surface area contributed by atoms with Gasteiger partial charge in [0.15, 0.2) is 0 Å². The zero-order valence-electron chi connectivity index (χ0n) is 8.92. The smallest absolute Gasteiger partial charge is 0.273 e. The maximum atomic E-state index is 10.8. The number of nitrogens with zero attached hydrogens (tertiary/aromatic N) is 2. The van der Waals surface area contributed by atoms with Crippen molar-refractivity contribution in [3.8, 4) is 6.07 Å². The molecular formula is C11H10N3O3. The van der Waals surface area contributed by atoms with Gasteiger partial charge in [0.05, 0.1) is 16.6 Å². The molecule has 0 spiro atoms. The van der Waals surface area contributed by atoms with Crippen molar-refractivity contribution in [2.45, 2.75) is 12.8 Å². The van der Waals surface area contributed by atoms with Gasteiger partial charge in [0.1, 0.15) is 0 Å². The fraction of sp³-hybridized carbons (Fsp3) is 0.182. The van der Waals surface area contributed by atoms with Crippen LogP contribution in [-0.4, -0.2) is 10.8 Å². The van der Waals surface area contributed by atoms with E-state index in [4.69, 9.17) is 11.0 Å². The molecule has 0 saturated carbocycles. The molecule has 0 unspecified atom stereocenters. The first-order chi connectivity index (χ1) is 8.06. The summed E-state index contributed by atoms with van der Waals surface area (Å²) >= 11 is 0. The highest BCUT2D eigenvalue weighted by Crippen LogP contribution is 2.23. The highest BCUT2D eigenvalue weighted by molar-refractivity contribution is 5.75. The highest BCUT2D eigenvalue weighted by atomic mass is 16.6. The molecular weight excluding hydrogens is 222 g/mol. The van der Waals surface area contributed by atoms with Crippen LogP contribution in [0.15, 0.2) is 18.2 Å². The summed E-state index contributed by atoms with van der Waals surface area (Å²) in [5.74, 6) is -0.512. The molecule has 0 heterocycles. The highest BCUT2D eigenvalue weighted by Gasteiger charge is 2.17. The first kappa shape index (κ1) is 12.6. The fourth-order valence-corrected chi connectivity index (χ4v) is 1.42. The standard InChI is InChI=1S/C11H10N3O3/c12-7-8-3-1-5-10(14(16)17)9(8)4-2-6-11(13)15/h1-3,5H,4,6H2,(H2,13,15). The Bertz CT molecular complexity index is 491. The van der Waals surface area contributed by atoms with Crippen molar-refractivity contribution in [2.75, 3.05) is 0 Å². The van der Waals surface area contributed by atoms with Gasteiger partial charge in [-0.05, 0) is 18.9 Å². The number of primary amides is 1. The lowest BCUT2D eigenvalue weighted by Gasteiger charge is -2.03. The second-order valence-electron chi connectivity index (χ2n) is 3.34.